The van der Waals surface area contributed by atoms with Crippen LogP contribution in [0.1, 0.15) is 45.9 Å². The van der Waals surface area contributed by atoms with Crippen LogP contribution >= 0.6 is 0 Å². The maximum Gasteiger partial charge on any atom is 0.410 e. The third-order valence-electron chi connectivity index (χ3n) is 10.1. The lowest BCUT2D eigenvalue weighted by Gasteiger charge is -2.50. The molecular formula is C36H30N4O6. The summed E-state index contributed by atoms with van der Waals surface area (Å²) in [4.78, 5) is 42.4. The van der Waals surface area contributed by atoms with Crippen LogP contribution in [-0.2, 0) is 26.5 Å². The zero-order chi connectivity index (χ0) is 31.5. The highest BCUT2D eigenvalue weighted by atomic mass is 16.6. The van der Waals surface area contributed by atoms with E-state index in [1.165, 1.54) is 0 Å². The van der Waals surface area contributed by atoms with Gasteiger partial charge < -0.3 is 28.2 Å². The molecule has 2 bridgehead atoms. The Bertz CT molecular complexity index is 2310. The summed E-state index contributed by atoms with van der Waals surface area (Å²) in [5.41, 5.74) is 3.81. The molecule has 1 saturated heterocycles. The molecule has 0 aliphatic carbocycles. The number of likely N-dealkylation sites (N-methyl/N-ethyl adjacent to an activating group) is 1. The van der Waals surface area contributed by atoms with Gasteiger partial charge in [0.15, 0.2) is 5.72 Å². The summed E-state index contributed by atoms with van der Waals surface area (Å²) in [6, 6.07) is 24.8. The lowest BCUT2D eigenvalue weighted by Crippen LogP contribution is -2.61. The van der Waals surface area contributed by atoms with E-state index in [0.717, 1.165) is 38.4 Å². The third-order valence-corrected chi connectivity index (χ3v) is 10.1. The Morgan fingerprint density at radius 3 is 2.22 bits per heavy atom. The quantitative estimate of drug-likeness (QED) is 0.243. The van der Waals surface area contributed by atoms with Crippen molar-refractivity contribution in [2.45, 2.75) is 44.1 Å². The standard InChI is InChI=1S/C36H30N4O6/c1-36-32(44-3)24(38(2)35(43)45-18-19-11-5-4-6-12-19)17-25(46-36)39-22-15-9-7-13-20(22)26-28-29(34(42)37-33(28)41)27-21-14-8-10-16-23(21)40(36)31(27)30(26)39/h4-16,24-25,32H,17-18H2,1-3H3,(H,37,41,42)/t24-,25-,32-,36+/m0/s1. The van der Waals surface area contributed by atoms with E-state index < -0.39 is 42.0 Å². The number of fused-ring (bicyclic) bond motifs is 13. The number of rotatable bonds is 4. The van der Waals surface area contributed by atoms with Crippen molar-refractivity contribution in [3.63, 3.8) is 0 Å². The second-order valence-electron chi connectivity index (χ2n) is 12.5. The summed E-state index contributed by atoms with van der Waals surface area (Å²) in [7, 11) is 3.37. The largest absolute Gasteiger partial charge is 0.445 e. The Morgan fingerprint density at radius 1 is 0.913 bits per heavy atom. The lowest BCUT2D eigenvalue weighted by molar-refractivity contribution is -0.265. The molecule has 230 valence electrons. The van der Waals surface area contributed by atoms with Gasteiger partial charge in [0.1, 0.15) is 18.9 Å². The molecule has 46 heavy (non-hydrogen) atoms. The van der Waals surface area contributed by atoms with Crippen molar-refractivity contribution >= 4 is 61.5 Å². The molecule has 10 nitrogen and oxygen atoms in total. The van der Waals surface area contributed by atoms with Crippen LogP contribution in [0.3, 0.4) is 0 Å². The Morgan fingerprint density at radius 2 is 1.52 bits per heavy atom. The number of methoxy groups -OCH3 is 1. The average Bonchev–Trinajstić information content (AvgIpc) is 3.68. The minimum Gasteiger partial charge on any atom is -0.445 e. The molecule has 0 saturated carbocycles. The van der Waals surface area contributed by atoms with Gasteiger partial charge in [-0.25, -0.2) is 4.79 Å². The van der Waals surface area contributed by atoms with Crippen molar-refractivity contribution in [3.05, 3.63) is 95.6 Å². The minimum absolute atomic E-state index is 0.143. The average molecular weight is 615 g/mol. The van der Waals surface area contributed by atoms with Gasteiger partial charge in [-0.1, -0.05) is 66.7 Å². The number of benzene rings is 4. The molecular weight excluding hydrogens is 584 g/mol. The first-order chi connectivity index (χ1) is 22.3. The first-order valence-electron chi connectivity index (χ1n) is 15.4. The third kappa shape index (κ3) is 3.34. The predicted octanol–water partition coefficient (Wildman–Crippen LogP) is 6.04. The molecule has 10 heteroatoms. The van der Waals surface area contributed by atoms with Crippen LogP contribution in [0.25, 0.3) is 43.6 Å². The first-order valence-corrected chi connectivity index (χ1v) is 15.4. The fraction of sp³-hybridized carbons (Fsp3) is 0.250. The van der Waals surface area contributed by atoms with Crippen LogP contribution in [-0.4, -0.2) is 58.2 Å². The zero-order valence-corrected chi connectivity index (χ0v) is 25.4. The van der Waals surface area contributed by atoms with E-state index in [4.69, 9.17) is 14.2 Å². The van der Waals surface area contributed by atoms with Crippen molar-refractivity contribution in [3.8, 4) is 0 Å². The molecule has 3 amide bonds. The van der Waals surface area contributed by atoms with Gasteiger partial charge in [0.25, 0.3) is 11.8 Å². The zero-order valence-electron chi connectivity index (χ0n) is 25.4. The number of imide groups is 1. The van der Waals surface area contributed by atoms with Crippen molar-refractivity contribution in [1.82, 2.24) is 19.4 Å². The van der Waals surface area contributed by atoms with Gasteiger partial charge in [-0.15, -0.1) is 0 Å². The number of carbonyl (C=O) groups is 3. The molecule has 1 fully saturated rings. The van der Waals surface area contributed by atoms with Gasteiger partial charge in [0.2, 0.25) is 0 Å². The van der Waals surface area contributed by atoms with E-state index in [-0.39, 0.29) is 6.61 Å². The van der Waals surface area contributed by atoms with Gasteiger partial charge in [0.05, 0.1) is 39.2 Å². The maximum atomic E-state index is 13.6. The molecule has 1 N–H and O–H groups in total. The Hall–Kier alpha value is -5.19. The molecule has 0 spiro atoms. The molecule has 2 aromatic heterocycles. The summed E-state index contributed by atoms with van der Waals surface area (Å²) in [5.74, 6) is -0.823. The second kappa shape index (κ2) is 9.41. The SMILES string of the molecule is CO[C@H]1[C@@H](N(C)C(=O)OCc2ccccc2)C[C@@H]2O[C@@]1(C)n1c3ccccc3c3c4c(c5c6ccccc6n2c5c31)C(=O)NC4=O. The molecule has 0 radical (unpaired) electrons. The molecule has 5 heterocycles. The summed E-state index contributed by atoms with van der Waals surface area (Å²) in [6.45, 7) is 2.12. The maximum absolute atomic E-state index is 13.6. The molecule has 0 unspecified atom stereocenters. The van der Waals surface area contributed by atoms with Gasteiger partial charge in [-0.05, 0) is 24.6 Å². The molecule has 9 rings (SSSR count). The number of amides is 3. The van der Waals surface area contributed by atoms with Gasteiger partial charge in [-0.3, -0.25) is 14.9 Å². The first kappa shape index (κ1) is 27.1. The minimum atomic E-state index is -1.14. The molecule has 6 aromatic rings. The highest BCUT2D eigenvalue weighted by Crippen LogP contribution is 2.54. The fourth-order valence-corrected chi connectivity index (χ4v) is 8.27. The van der Waals surface area contributed by atoms with Crippen LogP contribution in [0.4, 0.5) is 4.79 Å². The smallest absolute Gasteiger partial charge is 0.410 e. The lowest BCUT2D eigenvalue weighted by atomic mass is 9.92. The van der Waals surface area contributed by atoms with E-state index in [1.54, 1.807) is 19.1 Å². The number of ether oxygens (including phenoxy) is 3. The molecule has 4 atom stereocenters. The monoisotopic (exact) mass is 614 g/mol. The van der Waals surface area contributed by atoms with Crippen LogP contribution in [0.15, 0.2) is 78.9 Å². The number of hydrogen-bond donors (Lipinski definition) is 1. The van der Waals surface area contributed by atoms with Crippen LogP contribution < -0.4 is 5.32 Å². The summed E-state index contributed by atoms with van der Waals surface area (Å²) in [6.07, 6.45) is -1.26. The van der Waals surface area contributed by atoms with Gasteiger partial charge in [-0.2, -0.15) is 0 Å². The number of carbonyl (C=O) groups excluding carboxylic acids is 3. The molecule has 3 aliphatic heterocycles. The number of nitrogens with zero attached hydrogens (tertiary/aromatic N) is 3. The van der Waals surface area contributed by atoms with Gasteiger partial charge in [0, 0.05) is 42.1 Å². The van der Waals surface area contributed by atoms with E-state index in [1.807, 2.05) is 85.8 Å². The highest BCUT2D eigenvalue weighted by Gasteiger charge is 2.55. The van der Waals surface area contributed by atoms with Crippen molar-refractivity contribution < 1.29 is 28.6 Å². The van der Waals surface area contributed by atoms with Crippen molar-refractivity contribution in [2.75, 3.05) is 14.2 Å². The molecule has 4 aromatic carbocycles. The Balaban J connectivity index is 1.33. The number of para-hydroxylation sites is 2. The summed E-state index contributed by atoms with van der Waals surface area (Å²) < 4.78 is 23.5. The topological polar surface area (TPSA) is 104 Å². The van der Waals surface area contributed by atoms with Crippen molar-refractivity contribution in [2.24, 2.45) is 0 Å². The fourth-order valence-electron chi connectivity index (χ4n) is 8.27. The van der Waals surface area contributed by atoms with E-state index in [9.17, 15) is 14.4 Å². The Labute approximate surface area is 263 Å². The van der Waals surface area contributed by atoms with E-state index in [2.05, 4.69) is 14.5 Å². The van der Waals surface area contributed by atoms with Gasteiger partial charge >= 0.3 is 6.09 Å². The Kier molecular flexibility index (Phi) is 5.56. The van der Waals surface area contributed by atoms with Crippen LogP contribution in [0, 0.1) is 0 Å². The molecule has 3 aliphatic rings. The van der Waals surface area contributed by atoms with Crippen LogP contribution in [0.5, 0.6) is 0 Å². The number of aromatic nitrogens is 2. The van der Waals surface area contributed by atoms with E-state index >= 15 is 0 Å². The predicted molar refractivity (Wildman–Crippen MR) is 172 cm³/mol. The van der Waals surface area contributed by atoms with E-state index in [0.29, 0.717) is 28.3 Å². The van der Waals surface area contributed by atoms with Crippen molar-refractivity contribution in [1.29, 1.82) is 0 Å². The second-order valence-corrected chi connectivity index (χ2v) is 12.5. The number of nitrogens with one attached hydrogen (secondary N) is 1. The van der Waals surface area contributed by atoms with Crippen LogP contribution in [0.2, 0.25) is 0 Å². The summed E-state index contributed by atoms with van der Waals surface area (Å²) >= 11 is 0. The summed E-state index contributed by atoms with van der Waals surface area (Å²) in [5, 5.41) is 5.67. The highest BCUT2D eigenvalue weighted by molar-refractivity contribution is 6.39. The normalized spacial score (nSPS) is 23.3. The number of hydrogen-bond acceptors (Lipinski definition) is 6.